The van der Waals surface area contributed by atoms with E-state index in [4.69, 9.17) is 0 Å². The second-order valence-corrected chi connectivity index (χ2v) is 6.73. The van der Waals surface area contributed by atoms with Gasteiger partial charge in [-0.15, -0.1) is 0 Å². The van der Waals surface area contributed by atoms with E-state index < -0.39 is 0 Å². The Labute approximate surface area is 150 Å². The van der Waals surface area contributed by atoms with Crippen LogP contribution in [-0.2, 0) is 4.79 Å². The molecule has 25 heavy (non-hydrogen) atoms. The lowest BCUT2D eigenvalue weighted by atomic mass is 10.1. The summed E-state index contributed by atoms with van der Waals surface area (Å²) in [5.41, 5.74) is 1.73. The van der Waals surface area contributed by atoms with E-state index in [1.165, 1.54) is 16.7 Å². The molecule has 3 amide bonds. The van der Waals surface area contributed by atoms with Crippen LogP contribution in [0.5, 0.6) is 0 Å². The predicted octanol–water partition coefficient (Wildman–Crippen LogP) is 3.04. The number of para-hydroxylation sites is 1. The maximum Gasteiger partial charge on any atom is 0.261 e. The van der Waals surface area contributed by atoms with Gasteiger partial charge < -0.3 is 5.32 Å². The first kappa shape index (κ1) is 17.2. The molecule has 0 fully saturated rings. The number of amides is 3. The second-order valence-electron chi connectivity index (χ2n) is 5.63. The zero-order chi connectivity index (χ0) is 17.6. The molecule has 0 atom stereocenters. The van der Waals surface area contributed by atoms with Crippen LogP contribution in [0.15, 0.2) is 54.6 Å². The van der Waals surface area contributed by atoms with Gasteiger partial charge in [-0.05, 0) is 36.4 Å². The summed E-state index contributed by atoms with van der Waals surface area (Å²) >= 11 is 1.49. The standard InChI is InChI=1S/C19H18N2O3S/c22-17(20-14-7-2-1-3-8-14)13-25-12-6-11-21-18(23)15-9-4-5-10-16(15)19(21)24/h1-5,7-10H,6,11-13H2,(H,20,22). The van der Waals surface area contributed by atoms with E-state index in [-0.39, 0.29) is 17.7 Å². The van der Waals surface area contributed by atoms with Gasteiger partial charge in [-0.25, -0.2) is 0 Å². The van der Waals surface area contributed by atoms with Crippen molar-refractivity contribution in [2.75, 3.05) is 23.4 Å². The van der Waals surface area contributed by atoms with Gasteiger partial charge in [-0.3, -0.25) is 19.3 Å². The number of nitrogens with one attached hydrogen (secondary N) is 1. The average Bonchev–Trinajstić information content (AvgIpc) is 2.87. The molecule has 0 radical (unpaired) electrons. The molecule has 5 nitrogen and oxygen atoms in total. The van der Waals surface area contributed by atoms with Crippen LogP contribution in [0.3, 0.4) is 0 Å². The number of hydrogen-bond acceptors (Lipinski definition) is 4. The van der Waals surface area contributed by atoms with Crippen molar-refractivity contribution in [2.45, 2.75) is 6.42 Å². The summed E-state index contributed by atoms with van der Waals surface area (Å²) in [6, 6.07) is 16.2. The first-order chi connectivity index (χ1) is 12.2. The van der Waals surface area contributed by atoms with E-state index in [9.17, 15) is 14.4 Å². The van der Waals surface area contributed by atoms with Crippen LogP contribution in [-0.4, -0.2) is 40.7 Å². The van der Waals surface area contributed by atoms with Gasteiger partial charge in [0.05, 0.1) is 16.9 Å². The molecule has 3 rings (SSSR count). The number of imide groups is 1. The predicted molar refractivity (Wildman–Crippen MR) is 98.8 cm³/mol. The lowest BCUT2D eigenvalue weighted by molar-refractivity contribution is -0.113. The van der Waals surface area contributed by atoms with Crippen LogP contribution in [0.4, 0.5) is 5.69 Å². The number of carbonyl (C=O) groups is 3. The van der Waals surface area contributed by atoms with Gasteiger partial charge in [0, 0.05) is 12.2 Å². The van der Waals surface area contributed by atoms with Gasteiger partial charge in [0.15, 0.2) is 0 Å². The summed E-state index contributed by atoms with van der Waals surface area (Å²) in [6.45, 7) is 0.375. The Morgan fingerprint density at radius 3 is 2.16 bits per heavy atom. The number of rotatable bonds is 7. The first-order valence-electron chi connectivity index (χ1n) is 8.04. The summed E-state index contributed by atoms with van der Waals surface area (Å²) < 4.78 is 0. The number of benzene rings is 2. The molecule has 1 N–H and O–H groups in total. The van der Waals surface area contributed by atoms with Crippen molar-refractivity contribution in [3.63, 3.8) is 0 Å². The van der Waals surface area contributed by atoms with Crippen LogP contribution >= 0.6 is 11.8 Å². The summed E-state index contributed by atoms with van der Waals surface area (Å²) in [7, 11) is 0. The third kappa shape index (κ3) is 4.09. The third-order valence-corrected chi connectivity index (χ3v) is 4.88. The molecule has 128 valence electrons. The van der Waals surface area contributed by atoms with Gasteiger partial charge >= 0.3 is 0 Å². The molecule has 0 bridgehead atoms. The van der Waals surface area contributed by atoms with Gasteiger partial charge in [0.2, 0.25) is 5.91 Å². The zero-order valence-corrected chi connectivity index (χ0v) is 14.4. The van der Waals surface area contributed by atoms with Crippen molar-refractivity contribution in [1.29, 1.82) is 0 Å². The smallest absolute Gasteiger partial charge is 0.261 e. The minimum atomic E-state index is -0.229. The van der Waals surface area contributed by atoms with Gasteiger partial charge in [0.1, 0.15) is 0 Å². The SMILES string of the molecule is O=C(CSCCCN1C(=O)c2ccccc2C1=O)Nc1ccccc1. The fraction of sp³-hybridized carbons (Fsp3) is 0.211. The highest BCUT2D eigenvalue weighted by atomic mass is 32.2. The van der Waals surface area contributed by atoms with Crippen LogP contribution in [0.2, 0.25) is 0 Å². The largest absolute Gasteiger partial charge is 0.325 e. The van der Waals surface area contributed by atoms with Gasteiger partial charge in [-0.1, -0.05) is 30.3 Å². The fourth-order valence-corrected chi connectivity index (χ4v) is 3.39. The summed E-state index contributed by atoms with van der Waals surface area (Å²) in [4.78, 5) is 37.6. The molecule has 1 aliphatic heterocycles. The lowest BCUT2D eigenvalue weighted by Crippen LogP contribution is -2.31. The number of fused-ring (bicyclic) bond motifs is 1. The van der Waals surface area contributed by atoms with Crippen molar-refractivity contribution in [1.82, 2.24) is 4.90 Å². The van der Waals surface area contributed by atoms with Crippen molar-refractivity contribution in [3.05, 3.63) is 65.7 Å². The normalized spacial score (nSPS) is 13.0. The Bertz CT molecular complexity index is 757. The molecule has 1 aliphatic rings. The van der Waals surface area contributed by atoms with E-state index in [0.29, 0.717) is 35.6 Å². The molecule has 0 aliphatic carbocycles. The lowest BCUT2D eigenvalue weighted by Gasteiger charge is -2.13. The number of carbonyl (C=O) groups excluding carboxylic acids is 3. The number of anilines is 1. The molecule has 1 heterocycles. The number of thioether (sulfide) groups is 1. The molecule has 0 spiro atoms. The van der Waals surface area contributed by atoms with E-state index in [1.54, 1.807) is 24.3 Å². The van der Waals surface area contributed by atoms with Crippen molar-refractivity contribution in [3.8, 4) is 0 Å². The van der Waals surface area contributed by atoms with Gasteiger partial charge in [-0.2, -0.15) is 11.8 Å². The maximum absolute atomic E-state index is 12.2. The topological polar surface area (TPSA) is 66.5 Å². The Hall–Kier alpha value is -2.60. The van der Waals surface area contributed by atoms with Crippen LogP contribution in [0.1, 0.15) is 27.1 Å². The first-order valence-corrected chi connectivity index (χ1v) is 9.20. The van der Waals surface area contributed by atoms with E-state index in [2.05, 4.69) is 5.32 Å². The molecular formula is C19H18N2O3S. The van der Waals surface area contributed by atoms with Crippen LogP contribution < -0.4 is 5.32 Å². The molecule has 0 saturated heterocycles. The van der Waals surface area contributed by atoms with E-state index in [0.717, 1.165) is 5.69 Å². The average molecular weight is 354 g/mol. The molecule has 0 unspecified atom stereocenters. The third-order valence-electron chi connectivity index (χ3n) is 3.84. The van der Waals surface area contributed by atoms with E-state index >= 15 is 0 Å². The van der Waals surface area contributed by atoms with Crippen LogP contribution in [0.25, 0.3) is 0 Å². The Morgan fingerprint density at radius 1 is 0.920 bits per heavy atom. The fourth-order valence-electron chi connectivity index (χ4n) is 2.65. The Kier molecular flexibility index (Phi) is 5.50. The van der Waals surface area contributed by atoms with Crippen molar-refractivity contribution >= 4 is 35.2 Å². The summed E-state index contributed by atoms with van der Waals surface area (Å²) in [5.74, 6) is 0.531. The Balaban J connectivity index is 1.39. The van der Waals surface area contributed by atoms with E-state index in [1.807, 2.05) is 30.3 Å². The highest BCUT2D eigenvalue weighted by Gasteiger charge is 2.34. The quantitative estimate of drug-likeness (QED) is 0.613. The molecule has 2 aromatic carbocycles. The highest BCUT2D eigenvalue weighted by molar-refractivity contribution is 7.99. The van der Waals surface area contributed by atoms with Gasteiger partial charge in [0.25, 0.3) is 11.8 Å². The minimum Gasteiger partial charge on any atom is -0.325 e. The van der Waals surface area contributed by atoms with Crippen molar-refractivity contribution < 1.29 is 14.4 Å². The molecule has 2 aromatic rings. The maximum atomic E-state index is 12.2. The number of hydrogen-bond donors (Lipinski definition) is 1. The summed E-state index contributed by atoms with van der Waals surface area (Å²) in [6.07, 6.45) is 0.661. The number of nitrogens with zero attached hydrogens (tertiary/aromatic N) is 1. The second kappa shape index (κ2) is 7.98. The molecule has 6 heteroatoms. The highest BCUT2D eigenvalue weighted by Crippen LogP contribution is 2.22. The zero-order valence-electron chi connectivity index (χ0n) is 13.6. The summed E-state index contributed by atoms with van der Waals surface area (Å²) in [5, 5.41) is 2.82. The molecule has 0 aromatic heterocycles. The van der Waals surface area contributed by atoms with Crippen LogP contribution in [0, 0.1) is 0 Å². The van der Waals surface area contributed by atoms with Crippen molar-refractivity contribution in [2.24, 2.45) is 0 Å². The Morgan fingerprint density at radius 2 is 1.52 bits per heavy atom. The minimum absolute atomic E-state index is 0.0584. The monoisotopic (exact) mass is 354 g/mol. The molecular weight excluding hydrogens is 336 g/mol. The molecule has 0 saturated carbocycles.